The summed E-state index contributed by atoms with van der Waals surface area (Å²) in [5.74, 6) is 0. The van der Waals surface area contributed by atoms with E-state index in [1.807, 2.05) is 6.92 Å². The molecule has 0 fully saturated rings. The van der Waals surface area contributed by atoms with Crippen LogP contribution in [0.25, 0.3) is 77.2 Å². The van der Waals surface area contributed by atoms with Crippen LogP contribution in [0.2, 0.25) is 0 Å². The highest BCUT2D eigenvalue weighted by atomic mass is 15.1. The Morgan fingerprint density at radius 1 is 0.350 bits per heavy atom. The first kappa shape index (κ1) is 36.5. The summed E-state index contributed by atoms with van der Waals surface area (Å²) in [7, 11) is 0. The maximum absolute atomic E-state index is 3.36. The van der Waals surface area contributed by atoms with Crippen LogP contribution in [0.15, 0.2) is 237 Å². The summed E-state index contributed by atoms with van der Waals surface area (Å²) in [5, 5.41) is 5.04. The van der Waals surface area contributed by atoms with E-state index in [1.165, 1.54) is 65.9 Å². The smallest absolute Gasteiger partial charge is 0.0547 e. The lowest BCUT2D eigenvalue weighted by Crippen LogP contribution is -2.10. The Hall–Kier alpha value is -7.88. The Balaban J connectivity index is 0.00000140. The molecule has 0 bridgehead atoms. The number of anilines is 3. The number of hydrogen-bond donors (Lipinski definition) is 0. The number of rotatable bonds is 7. The van der Waals surface area contributed by atoms with Gasteiger partial charge in [0.2, 0.25) is 0 Å². The second kappa shape index (κ2) is 15.8. The summed E-state index contributed by atoms with van der Waals surface area (Å²) in [6.07, 6.45) is 1.75. The molecule has 0 saturated carbocycles. The molecule has 3 heteroatoms. The Bertz CT molecular complexity index is 3190. The SMILES string of the molecule is C=CC.c1ccc(-c2ccc(N(c3ccc(-c4cccc5c4c4ccccc4n5-c4ccccc4)cc3)c3ccc(-n4c5ccccc5c5ccccc54)cc3)cc2)cc1. The fraction of sp³-hybridized carbons (Fsp3) is 0.0175. The fourth-order valence-electron chi connectivity index (χ4n) is 8.74. The van der Waals surface area contributed by atoms with Crippen molar-refractivity contribution in [1.82, 2.24) is 9.13 Å². The van der Waals surface area contributed by atoms with Gasteiger partial charge in [0.05, 0.1) is 22.1 Å². The van der Waals surface area contributed by atoms with Crippen LogP contribution in [-0.2, 0) is 0 Å². The van der Waals surface area contributed by atoms with Crippen molar-refractivity contribution in [3.05, 3.63) is 237 Å². The van der Waals surface area contributed by atoms with Crippen molar-refractivity contribution in [2.24, 2.45) is 0 Å². The van der Waals surface area contributed by atoms with E-state index in [2.05, 4.69) is 245 Å². The number of fused-ring (bicyclic) bond motifs is 6. The van der Waals surface area contributed by atoms with Crippen LogP contribution in [0, 0.1) is 0 Å². The van der Waals surface area contributed by atoms with Gasteiger partial charge in [0.25, 0.3) is 0 Å². The van der Waals surface area contributed by atoms with Gasteiger partial charge in [0, 0.05) is 50.0 Å². The topological polar surface area (TPSA) is 13.1 Å². The van der Waals surface area contributed by atoms with Gasteiger partial charge in [-0.1, -0.05) is 146 Å². The third-order valence-electron chi connectivity index (χ3n) is 11.3. The lowest BCUT2D eigenvalue weighted by Gasteiger charge is -2.26. The van der Waals surface area contributed by atoms with E-state index < -0.39 is 0 Å². The molecule has 2 heterocycles. The molecule has 0 aliphatic carbocycles. The van der Waals surface area contributed by atoms with Gasteiger partial charge < -0.3 is 14.0 Å². The third kappa shape index (κ3) is 6.43. The average molecular weight is 770 g/mol. The van der Waals surface area contributed by atoms with Crippen LogP contribution in [-0.4, -0.2) is 9.13 Å². The quantitative estimate of drug-likeness (QED) is 0.147. The largest absolute Gasteiger partial charge is 0.311 e. The van der Waals surface area contributed by atoms with Gasteiger partial charge in [-0.3, -0.25) is 0 Å². The predicted octanol–water partition coefficient (Wildman–Crippen LogP) is 15.9. The molecule has 9 aromatic carbocycles. The Labute approximate surface area is 351 Å². The van der Waals surface area contributed by atoms with Gasteiger partial charge in [-0.05, 0) is 114 Å². The molecule has 2 aromatic heterocycles. The minimum absolute atomic E-state index is 1.09. The van der Waals surface area contributed by atoms with Crippen molar-refractivity contribution >= 4 is 60.7 Å². The van der Waals surface area contributed by atoms with E-state index in [4.69, 9.17) is 0 Å². The molecule has 3 nitrogen and oxygen atoms in total. The van der Waals surface area contributed by atoms with Crippen LogP contribution in [0.4, 0.5) is 17.1 Å². The molecular formula is C57H43N3. The molecule has 0 aliphatic rings. The molecule has 0 radical (unpaired) electrons. The molecule has 0 amide bonds. The van der Waals surface area contributed by atoms with Crippen molar-refractivity contribution in [1.29, 1.82) is 0 Å². The monoisotopic (exact) mass is 769 g/mol. The summed E-state index contributed by atoms with van der Waals surface area (Å²) in [6, 6.07) is 81.0. The molecular weight excluding hydrogens is 727 g/mol. The maximum atomic E-state index is 3.36. The zero-order valence-electron chi connectivity index (χ0n) is 33.5. The van der Waals surface area contributed by atoms with E-state index in [-0.39, 0.29) is 0 Å². The van der Waals surface area contributed by atoms with Crippen molar-refractivity contribution in [2.45, 2.75) is 6.92 Å². The molecule has 0 aliphatic heterocycles. The van der Waals surface area contributed by atoms with Crippen molar-refractivity contribution in [2.75, 3.05) is 4.90 Å². The van der Waals surface area contributed by atoms with Crippen LogP contribution in [0.5, 0.6) is 0 Å². The summed E-state index contributed by atoms with van der Waals surface area (Å²) >= 11 is 0. The zero-order chi connectivity index (χ0) is 40.4. The number of aromatic nitrogens is 2. The van der Waals surface area contributed by atoms with E-state index >= 15 is 0 Å². The summed E-state index contributed by atoms with van der Waals surface area (Å²) in [4.78, 5) is 2.36. The molecule has 0 saturated heterocycles. The van der Waals surface area contributed by atoms with Gasteiger partial charge in [0.15, 0.2) is 0 Å². The van der Waals surface area contributed by atoms with Crippen LogP contribution in [0.3, 0.4) is 0 Å². The first-order chi connectivity index (χ1) is 29.7. The summed E-state index contributed by atoms with van der Waals surface area (Å²) in [5.41, 5.74) is 15.2. The molecule has 11 aromatic rings. The van der Waals surface area contributed by atoms with E-state index in [9.17, 15) is 0 Å². The van der Waals surface area contributed by atoms with Crippen molar-refractivity contribution < 1.29 is 0 Å². The molecule has 0 N–H and O–H groups in total. The van der Waals surface area contributed by atoms with Crippen LogP contribution in [0.1, 0.15) is 6.92 Å². The Morgan fingerprint density at radius 3 is 1.30 bits per heavy atom. The first-order valence-corrected chi connectivity index (χ1v) is 20.5. The molecule has 286 valence electrons. The van der Waals surface area contributed by atoms with Crippen molar-refractivity contribution in [3.8, 4) is 33.6 Å². The summed E-state index contributed by atoms with van der Waals surface area (Å²) in [6.45, 7) is 5.25. The van der Waals surface area contributed by atoms with Crippen molar-refractivity contribution in [3.63, 3.8) is 0 Å². The van der Waals surface area contributed by atoms with Gasteiger partial charge in [0.1, 0.15) is 0 Å². The minimum Gasteiger partial charge on any atom is -0.311 e. The molecule has 0 unspecified atom stereocenters. The average Bonchev–Trinajstić information content (AvgIpc) is 3.84. The molecule has 60 heavy (non-hydrogen) atoms. The van der Waals surface area contributed by atoms with Crippen LogP contribution < -0.4 is 4.90 Å². The highest BCUT2D eigenvalue weighted by Gasteiger charge is 2.18. The number of nitrogens with zero attached hydrogens (tertiary/aromatic N) is 3. The second-order valence-electron chi connectivity index (χ2n) is 15.0. The van der Waals surface area contributed by atoms with E-state index in [0.717, 1.165) is 28.4 Å². The number of para-hydroxylation sites is 4. The highest BCUT2D eigenvalue weighted by molar-refractivity contribution is 6.16. The lowest BCUT2D eigenvalue weighted by atomic mass is 9.99. The Kier molecular flexibility index (Phi) is 9.61. The summed E-state index contributed by atoms with van der Waals surface area (Å²) < 4.78 is 4.75. The number of allylic oxidation sites excluding steroid dienone is 1. The van der Waals surface area contributed by atoms with E-state index in [1.54, 1.807) is 6.08 Å². The van der Waals surface area contributed by atoms with Gasteiger partial charge >= 0.3 is 0 Å². The zero-order valence-corrected chi connectivity index (χ0v) is 33.5. The van der Waals surface area contributed by atoms with Gasteiger partial charge in [-0.15, -0.1) is 6.58 Å². The molecule has 11 rings (SSSR count). The third-order valence-corrected chi connectivity index (χ3v) is 11.3. The van der Waals surface area contributed by atoms with E-state index in [0.29, 0.717) is 0 Å². The lowest BCUT2D eigenvalue weighted by molar-refractivity contribution is 1.17. The van der Waals surface area contributed by atoms with Crippen LogP contribution >= 0.6 is 0 Å². The first-order valence-electron chi connectivity index (χ1n) is 20.5. The fourth-order valence-corrected chi connectivity index (χ4v) is 8.74. The minimum atomic E-state index is 1.09. The molecule has 0 atom stereocenters. The second-order valence-corrected chi connectivity index (χ2v) is 15.0. The van der Waals surface area contributed by atoms with Gasteiger partial charge in [-0.2, -0.15) is 0 Å². The van der Waals surface area contributed by atoms with Gasteiger partial charge in [-0.25, -0.2) is 0 Å². The highest BCUT2D eigenvalue weighted by Crippen LogP contribution is 2.41. The standard InChI is InChI=1S/C54H37N3.C3H6/c1-3-14-38(15-4-1)39-26-30-42(31-27-39)55(44-34-36-45(37-35-44)56-50-22-10-7-18-47(50)48-19-8-11-23-51(48)56)43-32-28-40(29-33-43)46-21-13-25-53-54(46)49-20-9-12-24-52(49)57(53)41-16-5-2-6-17-41;1-3-2/h1-37H;3H,1H2,2H3. The number of benzene rings is 9. The molecule has 0 spiro atoms. The Morgan fingerprint density at radius 2 is 0.733 bits per heavy atom. The normalized spacial score (nSPS) is 11.2. The predicted molar refractivity (Wildman–Crippen MR) is 257 cm³/mol. The maximum Gasteiger partial charge on any atom is 0.0547 e. The number of hydrogen-bond acceptors (Lipinski definition) is 1.